The molecule has 5 rings (SSSR count). The van der Waals surface area contributed by atoms with Crippen LogP contribution in [0.3, 0.4) is 0 Å². The standard InChI is InChI=1S/C26H29N7O3/c1-26(2,34)17-36-22-8-23(25-19(9-27)11-30-33(25)16-22)20-12-29-32(14-20)21-6-7-31(15-21)13-18-4-5-24(35-3)28-10-18/h4-5,8,10-12,14,16,21,34H,6-7,13,15,17H2,1-3H3/t21-/m1/s1. The summed E-state index contributed by atoms with van der Waals surface area (Å²) in [4.78, 5) is 6.69. The third-order valence-corrected chi connectivity index (χ3v) is 6.25. The van der Waals surface area contributed by atoms with Gasteiger partial charge in [0.15, 0.2) is 0 Å². The lowest BCUT2D eigenvalue weighted by atomic mass is 10.1. The molecule has 1 atom stereocenters. The zero-order valence-corrected chi connectivity index (χ0v) is 20.6. The highest BCUT2D eigenvalue weighted by Gasteiger charge is 2.25. The third-order valence-electron chi connectivity index (χ3n) is 6.25. The Morgan fingerprint density at radius 2 is 2.06 bits per heavy atom. The second-order valence-corrected chi connectivity index (χ2v) is 9.75. The van der Waals surface area contributed by atoms with Crippen molar-refractivity contribution < 1.29 is 14.6 Å². The monoisotopic (exact) mass is 487 g/mol. The minimum absolute atomic E-state index is 0.130. The maximum absolute atomic E-state index is 10.1. The van der Waals surface area contributed by atoms with Gasteiger partial charge in [0, 0.05) is 49.2 Å². The molecule has 1 fully saturated rings. The molecule has 4 aromatic rings. The van der Waals surface area contributed by atoms with E-state index < -0.39 is 5.60 Å². The Labute approximate surface area is 209 Å². The van der Waals surface area contributed by atoms with Crippen molar-refractivity contribution >= 4 is 5.52 Å². The quantitative estimate of drug-likeness (QED) is 0.403. The first-order chi connectivity index (χ1) is 17.3. The Morgan fingerprint density at radius 3 is 2.78 bits per heavy atom. The molecule has 1 aliphatic heterocycles. The SMILES string of the molecule is COc1ccc(CN2CC[C@@H](n3cc(-c4cc(OCC(C)(C)O)cn5ncc(C#N)c45)cn3)C2)cn1. The number of hydrogen-bond acceptors (Lipinski definition) is 8. The van der Waals surface area contributed by atoms with Crippen LogP contribution >= 0.6 is 0 Å². The Hall–Kier alpha value is -3.94. The molecule has 0 aromatic carbocycles. The van der Waals surface area contributed by atoms with Crippen LogP contribution < -0.4 is 9.47 Å². The van der Waals surface area contributed by atoms with Crippen LogP contribution in [0.15, 0.2) is 49.2 Å². The molecular weight excluding hydrogens is 458 g/mol. The van der Waals surface area contributed by atoms with Gasteiger partial charge in [0.2, 0.25) is 5.88 Å². The van der Waals surface area contributed by atoms with E-state index in [1.165, 1.54) is 0 Å². The maximum atomic E-state index is 10.1. The summed E-state index contributed by atoms with van der Waals surface area (Å²) in [6.45, 7) is 6.18. The van der Waals surface area contributed by atoms with Crippen LogP contribution in [0.1, 0.15) is 37.4 Å². The van der Waals surface area contributed by atoms with Crippen molar-refractivity contribution in [2.45, 2.75) is 38.5 Å². The number of pyridine rings is 2. The van der Waals surface area contributed by atoms with Crippen LogP contribution in [-0.2, 0) is 6.54 Å². The molecule has 0 radical (unpaired) electrons. The molecule has 10 heteroatoms. The number of rotatable bonds is 8. The molecule has 0 amide bonds. The van der Waals surface area contributed by atoms with Gasteiger partial charge in [0.05, 0.1) is 48.4 Å². The Morgan fingerprint density at radius 1 is 1.19 bits per heavy atom. The van der Waals surface area contributed by atoms with Gasteiger partial charge in [-0.1, -0.05) is 6.07 Å². The van der Waals surface area contributed by atoms with E-state index in [0.29, 0.717) is 22.7 Å². The van der Waals surface area contributed by atoms with E-state index in [1.54, 1.807) is 37.9 Å². The Kier molecular flexibility index (Phi) is 6.35. The lowest BCUT2D eigenvalue weighted by molar-refractivity contribution is 0.0283. The Bertz CT molecular complexity index is 1400. The molecule has 0 saturated carbocycles. The minimum Gasteiger partial charge on any atom is -0.489 e. The van der Waals surface area contributed by atoms with Crippen LogP contribution in [-0.4, -0.2) is 66.8 Å². The van der Waals surface area contributed by atoms with Crippen LogP contribution in [0, 0.1) is 11.3 Å². The molecule has 4 aromatic heterocycles. The largest absolute Gasteiger partial charge is 0.489 e. The fourth-order valence-electron chi connectivity index (χ4n) is 4.47. The molecule has 36 heavy (non-hydrogen) atoms. The lowest BCUT2D eigenvalue weighted by Crippen LogP contribution is -2.27. The highest BCUT2D eigenvalue weighted by Crippen LogP contribution is 2.32. The van der Waals surface area contributed by atoms with Gasteiger partial charge in [-0.2, -0.15) is 15.5 Å². The summed E-state index contributed by atoms with van der Waals surface area (Å²) >= 11 is 0. The van der Waals surface area contributed by atoms with Gasteiger partial charge in [-0.25, -0.2) is 9.50 Å². The van der Waals surface area contributed by atoms with E-state index >= 15 is 0 Å². The van der Waals surface area contributed by atoms with Crippen molar-refractivity contribution in [1.29, 1.82) is 5.26 Å². The molecule has 5 heterocycles. The van der Waals surface area contributed by atoms with E-state index in [2.05, 4.69) is 26.2 Å². The summed E-state index contributed by atoms with van der Waals surface area (Å²) < 4.78 is 14.6. The van der Waals surface area contributed by atoms with Gasteiger partial charge < -0.3 is 14.6 Å². The smallest absolute Gasteiger partial charge is 0.212 e. The summed E-state index contributed by atoms with van der Waals surface area (Å²) in [7, 11) is 1.61. The van der Waals surface area contributed by atoms with E-state index in [4.69, 9.17) is 9.47 Å². The van der Waals surface area contributed by atoms with Crippen molar-refractivity contribution in [2.75, 3.05) is 26.8 Å². The molecule has 10 nitrogen and oxygen atoms in total. The number of likely N-dealkylation sites (tertiary alicyclic amines) is 1. The van der Waals surface area contributed by atoms with Gasteiger partial charge >= 0.3 is 0 Å². The number of nitriles is 1. The van der Waals surface area contributed by atoms with Crippen molar-refractivity contribution in [2.24, 2.45) is 0 Å². The second-order valence-electron chi connectivity index (χ2n) is 9.75. The predicted octanol–water partition coefficient (Wildman–Crippen LogP) is 3.07. The van der Waals surface area contributed by atoms with Crippen molar-refractivity contribution in [3.63, 3.8) is 0 Å². The van der Waals surface area contributed by atoms with Crippen molar-refractivity contribution in [1.82, 2.24) is 29.3 Å². The summed E-state index contributed by atoms with van der Waals surface area (Å²) in [6, 6.07) is 8.27. The molecule has 0 spiro atoms. The summed E-state index contributed by atoms with van der Waals surface area (Å²) in [5, 5.41) is 28.7. The van der Waals surface area contributed by atoms with E-state index in [1.807, 2.05) is 41.5 Å². The third kappa shape index (κ3) is 5.03. The molecule has 1 saturated heterocycles. The highest BCUT2D eigenvalue weighted by molar-refractivity contribution is 5.84. The topological polar surface area (TPSA) is 114 Å². The van der Waals surface area contributed by atoms with E-state index in [-0.39, 0.29) is 12.6 Å². The normalized spacial score (nSPS) is 16.4. The number of hydrogen-bond donors (Lipinski definition) is 1. The zero-order chi connectivity index (χ0) is 25.3. The molecular formula is C26H29N7O3. The number of ether oxygens (including phenoxy) is 2. The van der Waals surface area contributed by atoms with Gasteiger partial charge in [0.1, 0.15) is 18.4 Å². The first kappa shape index (κ1) is 23.8. The number of methoxy groups -OCH3 is 1. The van der Waals surface area contributed by atoms with E-state index in [0.717, 1.165) is 42.7 Å². The maximum Gasteiger partial charge on any atom is 0.212 e. The summed E-state index contributed by atoms with van der Waals surface area (Å²) in [6.07, 6.45) is 9.95. The number of aromatic nitrogens is 5. The second kappa shape index (κ2) is 9.60. The van der Waals surface area contributed by atoms with E-state index in [9.17, 15) is 10.4 Å². The zero-order valence-electron chi connectivity index (χ0n) is 20.6. The number of aliphatic hydroxyl groups is 1. The van der Waals surface area contributed by atoms with Gasteiger partial charge in [-0.05, 0) is 31.9 Å². The number of nitrogens with zero attached hydrogens (tertiary/aromatic N) is 7. The van der Waals surface area contributed by atoms with Gasteiger partial charge in [-0.15, -0.1) is 0 Å². The van der Waals surface area contributed by atoms with Crippen LogP contribution in [0.4, 0.5) is 0 Å². The lowest BCUT2D eigenvalue weighted by Gasteiger charge is -2.18. The summed E-state index contributed by atoms with van der Waals surface area (Å²) in [5.74, 6) is 1.17. The predicted molar refractivity (Wildman–Crippen MR) is 133 cm³/mol. The highest BCUT2D eigenvalue weighted by atomic mass is 16.5. The van der Waals surface area contributed by atoms with Crippen molar-refractivity contribution in [3.05, 3.63) is 60.3 Å². The number of fused-ring (bicyclic) bond motifs is 1. The molecule has 1 aliphatic rings. The fraction of sp³-hybridized carbons (Fsp3) is 0.385. The average molecular weight is 488 g/mol. The molecule has 0 aliphatic carbocycles. The molecule has 1 N–H and O–H groups in total. The first-order valence-corrected chi connectivity index (χ1v) is 11.9. The fourth-order valence-corrected chi connectivity index (χ4v) is 4.47. The average Bonchev–Trinajstić information content (AvgIpc) is 3.61. The Balaban J connectivity index is 1.37. The summed E-state index contributed by atoms with van der Waals surface area (Å²) in [5.41, 5.74) is 3.04. The molecule has 186 valence electrons. The minimum atomic E-state index is -0.974. The molecule has 0 bridgehead atoms. The van der Waals surface area contributed by atoms with Gasteiger partial charge in [0.25, 0.3) is 0 Å². The van der Waals surface area contributed by atoms with Crippen LogP contribution in [0.5, 0.6) is 11.6 Å². The van der Waals surface area contributed by atoms with Gasteiger partial charge in [-0.3, -0.25) is 9.58 Å². The molecule has 0 unspecified atom stereocenters. The first-order valence-electron chi connectivity index (χ1n) is 11.9. The van der Waals surface area contributed by atoms with Crippen LogP contribution in [0.25, 0.3) is 16.6 Å². The van der Waals surface area contributed by atoms with Crippen LogP contribution in [0.2, 0.25) is 0 Å². The van der Waals surface area contributed by atoms with Crippen molar-refractivity contribution in [3.8, 4) is 28.8 Å².